The Bertz CT molecular complexity index is 316. The fourth-order valence-electron chi connectivity index (χ4n) is 1.37. The molecule has 0 saturated carbocycles. The van der Waals surface area contributed by atoms with Crippen molar-refractivity contribution in [2.45, 2.75) is 25.7 Å². The van der Waals surface area contributed by atoms with Gasteiger partial charge in [-0.15, -0.1) is 0 Å². The third-order valence-corrected chi connectivity index (χ3v) is 3.51. The molecule has 0 unspecified atom stereocenters. The van der Waals surface area contributed by atoms with Gasteiger partial charge in [0.2, 0.25) is 4.38 Å². The van der Waals surface area contributed by atoms with Crippen molar-refractivity contribution in [2.24, 2.45) is 5.73 Å². The van der Waals surface area contributed by atoms with Gasteiger partial charge in [0.25, 0.3) is 0 Å². The number of ether oxygens (including phenoxy) is 1. The molecule has 0 atom stereocenters. The summed E-state index contributed by atoms with van der Waals surface area (Å²) in [5.74, 6) is 1.84. The molecule has 0 aliphatic rings. The highest BCUT2D eigenvalue weighted by molar-refractivity contribution is 8.22. The first-order chi connectivity index (χ1) is 8.33. The third-order valence-electron chi connectivity index (χ3n) is 2.26. The van der Waals surface area contributed by atoms with Crippen LogP contribution in [0.1, 0.15) is 25.7 Å². The summed E-state index contributed by atoms with van der Waals surface area (Å²) in [5, 5.41) is 0. The molecule has 0 amide bonds. The lowest BCUT2D eigenvalue weighted by molar-refractivity contribution is 0.579. The van der Waals surface area contributed by atoms with E-state index >= 15 is 0 Å². The Hall–Kier alpha value is -0.580. The van der Waals surface area contributed by atoms with Crippen molar-refractivity contribution in [1.29, 1.82) is 0 Å². The second kappa shape index (κ2) is 9.45. The monoisotopic (exact) mass is 269 g/mol. The number of nitrogens with two attached hydrogens (primary N) is 1. The number of para-hydroxylation sites is 1. The van der Waals surface area contributed by atoms with Crippen LogP contribution in [0.5, 0.6) is 5.75 Å². The number of thiocarbonyl (C=S) groups is 1. The van der Waals surface area contributed by atoms with Crippen LogP contribution in [-0.4, -0.2) is 16.7 Å². The molecule has 0 aliphatic heterocycles. The normalized spacial score (nSPS) is 10.2. The first-order valence-electron chi connectivity index (χ1n) is 5.92. The van der Waals surface area contributed by atoms with E-state index in [4.69, 9.17) is 22.7 Å². The molecule has 4 heteroatoms. The average molecular weight is 269 g/mol. The number of hydrogen-bond acceptors (Lipinski definition) is 4. The molecule has 0 fully saturated rings. The molecule has 0 radical (unpaired) electrons. The standard InChI is InChI=1S/C13H19NOS2/c14-10-6-1-2-7-11-17-13(16)15-12-8-4-3-5-9-12/h3-5,8-9H,1-2,6-7,10-11,14H2. The van der Waals surface area contributed by atoms with Gasteiger partial charge in [-0.1, -0.05) is 42.8 Å². The zero-order valence-corrected chi connectivity index (χ0v) is 11.6. The van der Waals surface area contributed by atoms with Crippen molar-refractivity contribution in [1.82, 2.24) is 0 Å². The minimum atomic E-state index is 0.607. The summed E-state index contributed by atoms with van der Waals surface area (Å²) in [5.41, 5.74) is 5.43. The fraction of sp³-hybridized carbons (Fsp3) is 0.462. The predicted molar refractivity (Wildman–Crippen MR) is 79.6 cm³/mol. The van der Waals surface area contributed by atoms with Gasteiger partial charge in [0.15, 0.2) is 0 Å². The van der Waals surface area contributed by atoms with Gasteiger partial charge in [0.05, 0.1) is 0 Å². The molecular formula is C13H19NOS2. The van der Waals surface area contributed by atoms with Gasteiger partial charge >= 0.3 is 0 Å². The SMILES string of the molecule is NCCCCCCSC(=S)Oc1ccccc1. The van der Waals surface area contributed by atoms with E-state index < -0.39 is 0 Å². The van der Waals surface area contributed by atoms with E-state index in [1.54, 1.807) is 11.8 Å². The van der Waals surface area contributed by atoms with Crippen molar-refractivity contribution in [3.8, 4) is 5.75 Å². The third kappa shape index (κ3) is 7.36. The lowest BCUT2D eigenvalue weighted by Crippen LogP contribution is -2.01. The maximum atomic E-state index is 5.52. The fourth-order valence-corrected chi connectivity index (χ4v) is 2.39. The minimum Gasteiger partial charge on any atom is -0.440 e. The molecule has 1 aromatic carbocycles. The molecule has 2 N–H and O–H groups in total. The second-order valence-electron chi connectivity index (χ2n) is 3.72. The first kappa shape index (κ1) is 14.5. The van der Waals surface area contributed by atoms with E-state index in [0.717, 1.165) is 24.5 Å². The Balaban J connectivity index is 2.06. The van der Waals surface area contributed by atoms with Crippen LogP contribution < -0.4 is 10.5 Å². The molecule has 0 spiro atoms. The van der Waals surface area contributed by atoms with Crippen LogP contribution in [0.3, 0.4) is 0 Å². The van der Waals surface area contributed by atoms with Crippen molar-refractivity contribution in [2.75, 3.05) is 12.3 Å². The van der Waals surface area contributed by atoms with Gasteiger partial charge in [0.1, 0.15) is 5.75 Å². The molecule has 0 aliphatic carbocycles. The Morgan fingerprint density at radius 3 is 2.53 bits per heavy atom. The van der Waals surface area contributed by atoms with Crippen LogP contribution in [0.4, 0.5) is 0 Å². The molecule has 94 valence electrons. The average Bonchev–Trinajstić information content (AvgIpc) is 2.35. The largest absolute Gasteiger partial charge is 0.440 e. The number of thioether (sulfide) groups is 1. The maximum absolute atomic E-state index is 5.52. The first-order valence-corrected chi connectivity index (χ1v) is 7.32. The van der Waals surface area contributed by atoms with Crippen molar-refractivity contribution in [3.05, 3.63) is 30.3 Å². The molecule has 0 bridgehead atoms. The molecule has 2 nitrogen and oxygen atoms in total. The zero-order valence-electron chi connectivity index (χ0n) is 9.93. The highest BCUT2D eigenvalue weighted by Crippen LogP contribution is 2.15. The Kier molecular flexibility index (Phi) is 8.05. The van der Waals surface area contributed by atoms with Gasteiger partial charge in [0, 0.05) is 5.75 Å². The van der Waals surface area contributed by atoms with Gasteiger partial charge in [-0.3, -0.25) is 0 Å². The molecule has 0 heterocycles. The van der Waals surface area contributed by atoms with Crippen molar-refractivity contribution in [3.63, 3.8) is 0 Å². The van der Waals surface area contributed by atoms with E-state index in [9.17, 15) is 0 Å². The number of hydrogen-bond donors (Lipinski definition) is 1. The Morgan fingerprint density at radius 1 is 1.12 bits per heavy atom. The van der Waals surface area contributed by atoms with Crippen molar-refractivity contribution >= 4 is 28.4 Å². The molecule has 1 rings (SSSR count). The van der Waals surface area contributed by atoms with Gasteiger partial charge < -0.3 is 10.5 Å². The minimum absolute atomic E-state index is 0.607. The van der Waals surface area contributed by atoms with E-state index in [2.05, 4.69) is 0 Å². The zero-order chi connectivity index (χ0) is 12.3. The highest BCUT2D eigenvalue weighted by Gasteiger charge is 2.00. The lowest BCUT2D eigenvalue weighted by atomic mass is 10.2. The Labute approximate surface area is 113 Å². The highest BCUT2D eigenvalue weighted by atomic mass is 32.2. The summed E-state index contributed by atoms with van der Waals surface area (Å²) >= 11 is 6.76. The maximum Gasteiger partial charge on any atom is 0.225 e. The number of benzene rings is 1. The van der Waals surface area contributed by atoms with Crippen LogP contribution >= 0.6 is 24.0 Å². The van der Waals surface area contributed by atoms with Crippen LogP contribution in [0, 0.1) is 0 Å². The van der Waals surface area contributed by atoms with E-state index in [1.807, 2.05) is 30.3 Å². The predicted octanol–water partition coefficient (Wildman–Crippen LogP) is 3.60. The molecule has 17 heavy (non-hydrogen) atoms. The molecule has 0 aromatic heterocycles. The molecule has 0 saturated heterocycles. The van der Waals surface area contributed by atoms with Crippen LogP contribution in [0.25, 0.3) is 0 Å². The Morgan fingerprint density at radius 2 is 1.82 bits per heavy atom. The van der Waals surface area contributed by atoms with E-state index in [0.29, 0.717) is 4.38 Å². The molecular weight excluding hydrogens is 250 g/mol. The van der Waals surface area contributed by atoms with Gasteiger partial charge in [-0.25, -0.2) is 0 Å². The lowest BCUT2D eigenvalue weighted by Gasteiger charge is -2.05. The summed E-state index contributed by atoms with van der Waals surface area (Å²) in [6, 6.07) is 9.66. The van der Waals surface area contributed by atoms with E-state index in [-0.39, 0.29) is 0 Å². The van der Waals surface area contributed by atoms with Gasteiger partial charge in [-0.05, 0) is 43.7 Å². The van der Waals surface area contributed by atoms with E-state index in [1.165, 1.54) is 19.3 Å². The topological polar surface area (TPSA) is 35.2 Å². The van der Waals surface area contributed by atoms with Crippen LogP contribution in [0.15, 0.2) is 30.3 Å². The summed E-state index contributed by atoms with van der Waals surface area (Å²) in [6.07, 6.45) is 4.72. The van der Waals surface area contributed by atoms with Gasteiger partial charge in [-0.2, -0.15) is 0 Å². The summed E-state index contributed by atoms with van der Waals surface area (Å²) in [6.45, 7) is 0.794. The quantitative estimate of drug-likeness (QED) is 0.606. The number of unbranched alkanes of at least 4 members (excludes halogenated alkanes) is 3. The molecule has 1 aromatic rings. The second-order valence-corrected chi connectivity index (χ2v) is 5.41. The number of rotatable bonds is 7. The summed E-state index contributed by atoms with van der Waals surface area (Å²) in [4.78, 5) is 0. The summed E-state index contributed by atoms with van der Waals surface area (Å²) < 4.78 is 6.12. The smallest absolute Gasteiger partial charge is 0.225 e. The summed E-state index contributed by atoms with van der Waals surface area (Å²) in [7, 11) is 0. The van der Waals surface area contributed by atoms with Crippen molar-refractivity contribution < 1.29 is 4.74 Å². The van der Waals surface area contributed by atoms with Crippen LogP contribution in [0.2, 0.25) is 0 Å². The van der Waals surface area contributed by atoms with Crippen LogP contribution in [-0.2, 0) is 0 Å².